The molecule has 12 heteroatoms. The zero-order chi connectivity index (χ0) is 28.8. The zero-order valence-corrected chi connectivity index (χ0v) is 22.1. The number of nitrogens with one attached hydrogen (secondary N) is 2. The molecule has 2 amide bonds. The summed E-state index contributed by atoms with van der Waals surface area (Å²) in [6, 6.07) is 18.1. The van der Waals surface area contributed by atoms with E-state index in [-0.39, 0.29) is 30.8 Å². The summed E-state index contributed by atoms with van der Waals surface area (Å²) in [4.78, 5) is 29.8. The molecule has 2 heterocycles. The van der Waals surface area contributed by atoms with E-state index in [1.807, 2.05) is 30.3 Å². The Labute approximate surface area is 234 Å². The Morgan fingerprint density at radius 1 is 0.927 bits per heavy atom. The van der Waals surface area contributed by atoms with Gasteiger partial charge in [0.15, 0.2) is 11.5 Å². The summed E-state index contributed by atoms with van der Waals surface area (Å²) in [7, 11) is 0. The highest BCUT2D eigenvalue weighted by Crippen LogP contribution is 2.35. The van der Waals surface area contributed by atoms with E-state index in [1.54, 1.807) is 30.3 Å². The van der Waals surface area contributed by atoms with Crippen LogP contribution in [0.4, 0.5) is 13.2 Å². The number of benzene rings is 2. The summed E-state index contributed by atoms with van der Waals surface area (Å²) in [5.74, 6) is 0.0418. The van der Waals surface area contributed by atoms with Crippen LogP contribution in [0.25, 0.3) is 5.69 Å². The summed E-state index contributed by atoms with van der Waals surface area (Å²) in [6.45, 7) is 0.0606. The number of alkyl halides is 3. The molecule has 0 bridgehead atoms. The van der Waals surface area contributed by atoms with Crippen molar-refractivity contribution in [3.8, 4) is 5.69 Å². The summed E-state index contributed by atoms with van der Waals surface area (Å²) >= 11 is 0. The molecule has 0 radical (unpaired) electrons. The second-order valence-corrected chi connectivity index (χ2v) is 9.98. The van der Waals surface area contributed by atoms with Crippen LogP contribution in [-0.4, -0.2) is 44.8 Å². The standard InChI is InChI=1S/C29H29F3N6O3/c30-29(31,32)25-23(18-38(36-25)22-9-5-2-6-10-22)27(40)34-16-15-33-26(39)20-11-13-21(14-12-20)28-35-24(37-41-28)17-19-7-3-1-4-8-19/h1-10,18,20-21H,11-17H2,(H,33,39)(H,34,40)/t20-,21-. The highest BCUT2D eigenvalue weighted by Gasteiger charge is 2.39. The molecule has 1 aliphatic rings. The molecule has 5 rings (SSSR count). The smallest absolute Gasteiger partial charge is 0.354 e. The predicted octanol–water partition coefficient (Wildman–Crippen LogP) is 4.68. The summed E-state index contributed by atoms with van der Waals surface area (Å²) in [5.41, 5.74) is -0.364. The number of hydrogen-bond acceptors (Lipinski definition) is 6. The molecule has 1 fully saturated rings. The third-order valence-corrected chi connectivity index (χ3v) is 7.09. The molecule has 2 aromatic carbocycles. The lowest BCUT2D eigenvalue weighted by Crippen LogP contribution is -2.38. The highest BCUT2D eigenvalue weighted by atomic mass is 19.4. The first-order valence-electron chi connectivity index (χ1n) is 13.4. The van der Waals surface area contributed by atoms with E-state index < -0.39 is 23.3 Å². The predicted molar refractivity (Wildman–Crippen MR) is 142 cm³/mol. The minimum atomic E-state index is -4.80. The molecule has 9 nitrogen and oxygen atoms in total. The number of halogens is 3. The summed E-state index contributed by atoms with van der Waals surface area (Å²) < 4.78 is 47.1. The van der Waals surface area contributed by atoms with E-state index in [0.717, 1.165) is 29.3 Å². The Morgan fingerprint density at radius 2 is 1.59 bits per heavy atom. The van der Waals surface area contributed by atoms with Gasteiger partial charge in [0.25, 0.3) is 5.91 Å². The number of aromatic nitrogens is 4. The fraction of sp³-hybridized carbons (Fsp3) is 0.345. The molecule has 214 valence electrons. The van der Waals surface area contributed by atoms with E-state index in [9.17, 15) is 22.8 Å². The van der Waals surface area contributed by atoms with Crippen molar-refractivity contribution in [1.29, 1.82) is 0 Å². The molecule has 1 saturated carbocycles. The van der Waals surface area contributed by atoms with Gasteiger partial charge in [-0.15, -0.1) is 0 Å². The van der Waals surface area contributed by atoms with Crippen molar-refractivity contribution in [3.63, 3.8) is 0 Å². The maximum absolute atomic E-state index is 13.5. The SMILES string of the molecule is O=C(NCCNC(=O)[C@H]1CC[C@H](c2nc(Cc3ccccc3)no2)CC1)c1cn(-c2ccccc2)nc1C(F)(F)F. The fourth-order valence-corrected chi connectivity index (χ4v) is 4.95. The molecule has 0 spiro atoms. The number of carbonyl (C=O) groups is 2. The largest absolute Gasteiger partial charge is 0.435 e. The number of nitrogens with zero attached hydrogens (tertiary/aromatic N) is 4. The van der Waals surface area contributed by atoms with Crippen LogP contribution in [0.15, 0.2) is 71.4 Å². The van der Waals surface area contributed by atoms with Crippen molar-refractivity contribution >= 4 is 11.8 Å². The maximum atomic E-state index is 13.5. The van der Waals surface area contributed by atoms with Crippen molar-refractivity contribution in [2.75, 3.05) is 13.1 Å². The van der Waals surface area contributed by atoms with Gasteiger partial charge < -0.3 is 15.2 Å². The van der Waals surface area contributed by atoms with Crippen molar-refractivity contribution < 1.29 is 27.3 Å². The third-order valence-electron chi connectivity index (χ3n) is 7.09. The lowest BCUT2D eigenvalue weighted by molar-refractivity contribution is -0.141. The molecule has 0 atom stereocenters. The van der Waals surface area contributed by atoms with Gasteiger partial charge in [-0.1, -0.05) is 53.7 Å². The van der Waals surface area contributed by atoms with Crippen LogP contribution in [0.1, 0.15) is 64.9 Å². The first-order valence-corrected chi connectivity index (χ1v) is 13.4. The van der Waals surface area contributed by atoms with Gasteiger partial charge in [-0.25, -0.2) is 4.68 Å². The first kappa shape index (κ1) is 28.1. The van der Waals surface area contributed by atoms with Gasteiger partial charge in [0, 0.05) is 37.5 Å². The lowest BCUT2D eigenvalue weighted by atomic mass is 9.81. The Morgan fingerprint density at radius 3 is 2.27 bits per heavy atom. The van der Waals surface area contributed by atoms with E-state index >= 15 is 0 Å². The van der Waals surface area contributed by atoms with Crippen LogP contribution in [0.2, 0.25) is 0 Å². The normalized spacial score (nSPS) is 17.2. The van der Waals surface area contributed by atoms with E-state index in [0.29, 0.717) is 36.7 Å². The number of rotatable bonds is 9. The molecular formula is C29H29F3N6O3. The van der Waals surface area contributed by atoms with Gasteiger partial charge in [0.05, 0.1) is 11.3 Å². The van der Waals surface area contributed by atoms with E-state index in [2.05, 4.69) is 25.9 Å². The molecule has 0 unspecified atom stereocenters. The van der Waals surface area contributed by atoms with Gasteiger partial charge in [0.2, 0.25) is 11.8 Å². The van der Waals surface area contributed by atoms with Crippen molar-refractivity contribution in [2.45, 2.75) is 44.2 Å². The molecule has 0 aliphatic heterocycles. The van der Waals surface area contributed by atoms with Crippen LogP contribution >= 0.6 is 0 Å². The zero-order valence-electron chi connectivity index (χ0n) is 22.1. The number of carbonyl (C=O) groups excluding carboxylic acids is 2. The second-order valence-electron chi connectivity index (χ2n) is 9.98. The molecule has 1 aliphatic carbocycles. The quantitative estimate of drug-likeness (QED) is 0.284. The Balaban J connectivity index is 1.07. The first-order chi connectivity index (χ1) is 19.8. The molecule has 2 aromatic heterocycles. The van der Waals surface area contributed by atoms with Gasteiger partial charge in [-0.05, 0) is 43.4 Å². The number of hydrogen-bond donors (Lipinski definition) is 2. The Bertz CT molecular complexity index is 1460. The maximum Gasteiger partial charge on any atom is 0.435 e. The van der Waals surface area contributed by atoms with Crippen LogP contribution < -0.4 is 10.6 Å². The molecule has 41 heavy (non-hydrogen) atoms. The lowest BCUT2D eigenvalue weighted by Gasteiger charge is -2.25. The minimum Gasteiger partial charge on any atom is -0.354 e. The van der Waals surface area contributed by atoms with Crippen LogP contribution in [0.5, 0.6) is 0 Å². The minimum absolute atomic E-state index is 0.0279. The van der Waals surface area contributed by atoms with E-state index in [4.69, 9.17) is 4.52 Å². The average molecular weight is 567 g/mol. The third kappa shape index (κ3) is 7.00. The van der Waals surface area contributed by atoms with Crippen LogP contribution in [0.3, 0.4) is 0 Å². The fourth-order valence-electron chi connectivity index (χ4n) is 4.95. The molecule has 4 aromatic rings. The van der Waals surface area contributed by atoms with E-state index in [1.165, 1.54) is 0 Å². The topological polar surface area (TPSA) is 115 Å². The number of amides is 2. The van der Waals surface area contributed by atoms with Gasteiger partial charge >= 0.3 is 6.18 Å². The van der Waals surface area contributed by atoms with Crippen LogP contribution in [0, 0.1) is 5.92 Å². The highest BCUT2D eigenvalue weighted by molar-refractivity contribution is 5.95. The van der Waals surface area contributed by atoms with Crippen LogP contribution in [-0.2, 0) is 17.4 Å². The Hall–Kier alpha value is -4.48. The molecular weight excluding hydrogens is 537 g/mol. The van der Waals surface area contributed by atoms with Crippen molar-refractivity contribution in [2.24, 2.45) is 5.92 Å². The Kier molecular flexibility index (Phi) is 8.46. The summed E-state index contributed by atoms with van der Waals surface area (Å²) in [6.07, 6.45) is -0.408. The van der Waals surface area contributed by atoms with Gasteiger partial charge in [-0.3, -0.25) is 9.59 Å². The molecule has 2 N–H and O–H groups in total. The average Bonchev–Trinajstić information content (AvgIpc) is 3.64. The van der Waals surface area contributed by atoms with Gasteiger partial charge in [0.1, 0.15) is 0 Å². The van der Waals surface area contributed by atoms with Crippen molar-refractivity contribution in [3.05, 3.63) is 95.4 Å². The second kappa shape index (κ2) is 12.4. The molecule has 0 saturated heterocycles. The monoisotopic (exact) mass is 566 g/mol. The number of para-hydroxylation sites is 1. The summed E-state index contributed by atoms with van der Waals surface area (Å²) in [5, 5.41) is 12.9. The van der Waals surface area contributed by atoms with Gasteiger partial charge in [-0.2, -0.15) is 23.3 Å². The van der Waals surface area contributed by atoms with Crippen molar-refractivity contribution in [1.82, 2.24) is 30.6 Å².